The Labute approximate surface area is 159 Å². The van der Waals surface area contributed by atoms with Gasteiger partial charge in [-0.1, -0.05) is 19.1 Å². The Kier molecular flexibility index (Phi) is 7.07. The second kappa shape index (κ2) is 9.08. The first-order chi connectivity index (χ1) is 12.7. The van der Waals surface area contributed by atoms with Gasteiger partial charge in [-0.25, -0.2) is 0 Å². The number of carbonyl (C=O) groups is 2. The van der Waals surface area contributed by atoms with E-state index in [0.717, 1.165) is 11.1 Å². The van der Waals surface area contributed by atoms with E-state index in [1.54, 1.807) is 25.1 Å². The number of benzene rings is 2. The Balaban J connectivity index is 2.01. The molecule has 144 valence electrons. The third-order valence-corrected chi connectivity index (χ3v) is 4.45. The van der Waals surface area contributed by atoms with Crippen LogP contribution in [-0.4, -0.2) is 17.1 Å². The Morgan fingerprint density at radius 3 is 2.26 bits per heavy atom. The first-order valence-corrected chi connectivity index (χ1v) is 9.14. The molecule has 0 spiro atoms. The summed E-state index contributed by atoms with van der Waals surface area (Å²) in [6, 6.07) is 10.9. The average molecular weight is 396 g/mol. The maximum Gasteiger partial charge on any atom is 0.446 e. The summed E-state index contributed by atoms with van der Waals surface area (Å²) < 4.78 is 42.8. The van der Waals surface area contributed by atoms with Crippen molar-refractivity contribution in [2.24, 2.45) is 0 Å². The lowest BCUT2D eigenvalue weighted by molar-refractivity contribution is -0.126. The summed E-state index contributed by atoms with van der Waals surface area (Å²) in [6.07, 6.45) is 0.462. The molecule has 2 rings (SSSR count). The number of ketones is 2. The van der Waals surface area contributed by atoms with Gasteiger partial charge in [0.1, 0.15) is 23.1 Å². The number of carbonyl (C=O) groups excluding carboxylic acids is 2. The van der Waals surface area contributed by atoms with Crippen LogP contribution in [-0.2, 0) is 16.0 Å². The van der Waals surface area contributed by atoms with Crippen LogP contribution >= 0.6 is 11.8 Å². The van der Waals surface area contributed by atoms with Gasteiger partial charge >= 0.3 is 5.51 Å². The molecule has 0 atom stereocenters. The number of hydrogen-bond acceptors (Lipinski definition) is 4. The topological polar surface area (TPSA) is 43.4 Å². The van der Waals surface area contributed by atoms with Crippen molar-refractivity contribution in [2.45, 2.75) is 43.5 Å². The molecule has 2 aromatic rings. The zero-order valence-corrected chi connectivity index (χ0v) is 15.7. The van der Waals surface area contributed by atoms with E-state index in [1.807, 2.05) is 6.92 Å². The molecule has 0 unspecified atom stereocenters. The van der Waals surface area contributed by atoms with Gasteiger partial charge in [0.25, 0.3) is 0 Å². The molecule has 2 aromatic carbocycles. The van der Waals surface area contributed by atoms with Gasteiger partial charge in [0.05, 0.1) is 6.42 Å². The maximum atomic E-state index is 12.3. The summed E-state index contributed by atoms with van der Waals surface area (Å²) in [6.45, 7) is 3.54. The van der Waals surface area contributed by atoms with Gasteiger partial charge in [-0.15, -0.1) is 0 Å². The minimum Gasteiger partial charge on any atom is -0.457 e. The fraction of sp³-hybridized carbons (Fsp3) is 0.300. The SMILES string of the molecule is CCC(=O)CC(=O)Cc1ccc(Oc2ccc(SC(F)(F)F)cc2)c(C)c1. The molecular formula is C20H19F3O3S. The number of rotatable bonds is 8. The summed E-state index contributed by atoms with van der Waals surface area (Å²) in [7, 11) is 0. The fourth-order valence-electron chi connectivity index (χ4n) is 2.41. The van der Waals surface area contributed by atoms with Crippen LogP contribution in [0.25, 0.3) is 0 Å². The van der Waals surface area contributed by atoms with Crippen molar-refractivity contribution in [1.82, 2.24) is 0 Å². The van der Waals surface area contributed by atoms with Crippen LogP contribution in [0.5, 0.6) is 11.5 Å². The highest BCUT2D eigenvalue weighted by atomic mass is 32.2. The van der Waals surface area contributed by atoms with Crippen molar-refractivity contribution in [3.8, 4) is 11.5 Å². The fourth-order valence-corrected chi connectivity index (χ4v) is 2.95. The predicted molar refractivity (Wildman–Crippen MR) is 98.2 cm³/mol. The van der Waals surface area contributed by atoms with Crippen molar-refractivity contribution in [2.75, 3.05) is 0 Å². The first-order valence-electron chi connectivity index (χ1n) is 8.33. The Morgan fingerprint density at radius 2 is 1.70 bits per heavy atom. The number of alkyl halides is 3. The normalized spacial score (nSPS) is 11.3. The summed E-state index contributed by atoms with van der Waals surface area (Å²) in [5.41, 5.74) is -2.75. The van der Waals surface area contributed by atoms with Gasteiger partial charge in [-0.2, -0.15) is 13.2 Å². The standard InChI is InChI=1S/C20H19F3O3S/c1-3-15(24)12-16(25)11-14-4-9-19(13(2)10-14)26-17-5-7-18(8-6-17)27-20(21,22)23/h4-10H,3,11-12H2,1-2H3. The molecule has 0 aliphatic rings. The molecule has 7 heteroatoms. The van der Waals surface area contributed by atoms with Crippen LogP contribution in [0, 0.1) is 6.92 Å². The number of Topliss-reactive ketones (excluding diaryl/α,β-unsaturated/α-hetero) is 2. The van der Waals surface area contributed by atoms with Gasteiger partial charge in [-0.3, -0.25) is 9.59 Å². The van der Waals surface area contributed by atoms with Gasteiger partial charge < -0.3 is 4.74 Å². The number of thioether (sulfide) groups is 1. The zero-order valence-electron chi connectivity index (χ0n) is 14.9. The quantitative estimate of drug-likeness (QED) is 0.413. The van der Waals surface area contributed by atoms with E-state index in [1.165, 1.54) is 24.3 Å². The lowest BCUT2D eigenvalue weighted by Crippen LogP contribution is -2.09. The third kappa shape index (κ3) is 7.09. The Morgan fingerprint density at radius 1 is 1.04 bits per heavy atom. The van der Waals surface area contributed by atoms with Crippen LogP contribution < -0.4 is 4.74 Å². The number of halogens is 3. The van der Waals surface area contributed by atoms with Crippen molar-refractivity contribution in [3.05, 3.63) is 53.6 Å². The van der Waals surface area contributed by atoms with Crippen molar-refractivity contribution >= 4 is 23.3 Å². The van der Waals surface area contributed by atoms with E-state index >= 15 is 0 Å². The molecule has 0 N–H and O–H groups in total. The molecule has 0 saturated carbocycles. The van der Waals surface area contributed by atoms with Crippen LogP contribution in [0.3, 0.4) is 0 Å². The zero-order chi connectivity index (χ0) is 20.0. The summed E-state index contributed by atoms with van der Waals surface area (Å²) in [5, 5.41) is 0. The lowest BCUT2D eigenvalue weighted by Gasteiger charge is -2.11. The van der Waals surface area contributed by atoms with Gasteiger partial charge in [-0.05, 0) is 60.1 Å². The highest BCUT2D eigenvalue weighted by Gasteiger charge is 2.29. The van der Waals surface area contributed by atoms with E-state index in [-0.39, 0.29) is 41.1 Å². The molecule has 0 fully saturated rings. The number of ether oxygens (including phenoxy) is 1. The summed E-state index contributed by atoms with van der Waals surface area (Å²) in [4.78, 5) is 23.3. The highest BCUT2D eigenvalue weighted by Crippen LogP contribution is 2.37. The van der Waals surface area contributed by atoms with E-state index in [4.69, 9.17) is 4.74 Å². The third-order valence-electron chi connectivity index (χ3n) is 3.71. The van der Waals surface area contributed by atoms with E-state index in [9.17, 15) is 22.8 Å². The minimum absolute atomic E-state index is 0.0594. The molecule has 3 nitrogen and oxygen atoms in total. The second-order valence-corrected chi connectivity index (χ2v) is 7.14. The minimum atomic E-state index is -4.33. The molecule has 0 aliphatic carbocycles. The van der Waals surface area contributed by atoms with E-state index in [2.05, 4.69) is 0 Å². The molecule has 0 saturated heterocycles. The highest BCUT2D eigenvalue weighted by molar-refractivity contribution is 8.00. The largest absolute Gasteiger partial charge is 0.457 e. The van der Waals surface area contributed by atoms with E-state index in [0.29, 0.717) is 17.9 Å². The average Bonchev–Trinajstić information content (AvgIpc) is 2.57. The first kappa shape index (κ1) is 21.0. The van der Waals surface area contributed by atoms with Crippen LogP contribution in [0.15, 0.2) is 47.4 Å². The van der Waals surface area contributed by atoms with Crippen molar-refractivity contribution in [3.63, 3.8) is 0 Å². The van der Waals surface area contributed by atoms with Crippen molar-refractivity contribution in [1.29, 1.82) is 0 Å². The van der Waals surface area contributed by atoms with Crippen molar-refractivity contribution < 1.29 is 27.5 Å². The summed E-state index contributed by atoms with van der Waals surface area (Å²) >= 11 is -0.179. The molecule has 0 heterocycles. The van der Waals surface area contributed by atoms with E-state index < -0.39 is 5.51 Å². The van der Waals surface area contributed by atoms with Gasteiger partial charge in [0.15, 0.2) is 0 Å². The number of aryl methyl sites for hydroxylation is 1. The monoisotopic (exact) mass is 396 g/mol. The van der Waals surface area contributed by atoms with Crippen LogP contribution in [0.1, 0.15) is 30.9 Å². The smallest absolute Gasteiger partial charge is 0.446 e. The van der Waals surface area contributed by atoms with Gasteiger partial charge in [0, 0.05) is 17.7 Å². The van der Waals surface area contributed by atoms with Crippen LogP contribution in [0.2, 0.25) is 0 Å². The van der Waals surface area contributed by atoms with Gasteiger partial charge in [0.2, 0.25) is 0 Å². The van der Waals surface area contributed by atoms with Crippen LogP contribution in [0.4, 0.5) is 13.2 Å². The number of hydrogen-bond donors (Lipinski definition) is 0. The Bertz CT molecular complexity index is 814. The molecule has 0 amide bonds. The predicted octanol–water partition coefficient (Wildman–Crippen LogP) is 5.88. The molecule has 27 heavy (non-hydrogen) atoms. The second-order valence-electron chi connectivity index (χ2n) is 6.01. The molecule has 0 aliphatic heterocycles. The maximum absolute atomic E-state index is 12.3. The summed E-state index contributed by atoms with van der Waals surface area (Å²) in [5.74, 6) is 0.755. The molecular weight excluding hydrogens is 377 g/mol. The lowest BCUT2D eigenvalue weighted by atomic mass is 10.0. The Hall–Kier alpha value is -2.28. The molecule has 0 bridgehead atoms. The molecule has 0 aromatic heterocycles. The molecule has 0 radical (unpaired) electrons.